The van der Waals surface area contributed by atoms with E-state index in [0.717, 1.165) is 30.4 Å². The second kappa shape index (κ2) is 7.75. The Balaban J connectivity index is 1.75. The minimum absolute atomic E-state index is 0.207. The van der Waals surface area contributed by atoms with Gasteiger partial charge < -0.3 is 15.3 Å². The monoisotopic (exact) mass is 334 g/mol. The zero-order chi connectivity index (χ0) is 17.6. The minimum Gasteiger partial charge on any atom is -0.508 e. The zero-order valence-corrected chi connectivity index (χ0v) is 14.0. The first-order valence-electron chi connectivity index (χ1n) is 8.47. The molecule has 25 heavy (non-hydrogen) atoms. The molecule has 3 aromatic rings. The van der Waals surface area contributed by atoms with Gasteiger partial charge in [-0.1, -0.05) is 36.4 Å². The summed E-state index contributed by atoms with van der Waals surface area (Å²) >= 11 is 0. The molecule has 0 aliphatic rings. The van der Waals surface area contributed by atoms with Gasteiger partial charge in [0.25, 0.3) is 0 Å². The van der Waals surface area contributed by atoms with E-state index in [2.05, 4.69) is 0 Å². The molecule has 0 bridgehead atoms. The first-order valence-corrected chi connectivity index (χ1v) is 8.47. The molecule has 0 amide bonds. The molecule has 0 atom stereocenters. The first-order chi connectivity index (χ1) is 12.1. The van der Waals surface area contributed by atoms with Crippen LogP contribution in [0.25, 0.3) is 0 Å². The highest BCUT2D eigenvalue weighted by atomic mass is 16.3. The maximum atomic E-state index is 9.54. The summed E-state index contributed by atoms with van der Waals surface area (Å²) in [6.07, 6.45) is 2.89. The van der Waals surface area contributed by atoms with Crippen LogP contribution in [0.15, 0.2) is 72.8 Å². The predicted octanol–water partition coefficient (Wildman–Crippen LogP) is 4.96. The molecule has 0 saturated heterocycles. The Labute approximate surface area is 147 Å². The first kappa shape index (κ1) is 16.9. The molecule has 0 fully saturated rings. The smallest absolute Gasteiger partial charge is 0.115 e. The van der Waals surface area contributed by atoms with Crippen molar-refractivity contribution >= 4 is 0 Å². The fourth-order valence-electron chi connectivity index (χ4n) is 3.11. The molecule has 128 valence electrons. The predicted molar refractivity (Wildman–Crippen MR) is 99.1 cm³/mol. The lowest BCUT2D eigenvalue weighted by molar-refractivity contribution is 0.474. The largest absolute Gasteiger partial charge is 0.508 e. The van der Waals surface area contributed by atoms with Crippen LogP contribution in [0.5, 0.6) is 17.2 Å². The second-order valence-electron chi connectivity index (χ2n) is 6.29. The normalized spacial score (nSPS) is 10.9. The molecule has 0 aromatic heterocycles. The van der Waals surface area contributed by atoms with Gasteiger partial charge in [-0.2, -0.15) is 0 Å². The lowest BCUT2D eigenvalue weighted by Gasteiger charge is -2.18. The molecule has 0 unspecified atom stereocenters. The average Bonchev–Trinajstić information content (AvgIpc) is 2.62. The Morgan fingerprint density at radius 3 is 1.40 bits per heavy atom. The number of hydrogen-bond donors (Lipinski definition) is 3. The number of rotatable bonds is 6. The Morgan fingerprint density at radius 1 is 0.560 bits per heavy atom. The number of benzene rings is 3. The fraction of sp³-hybridized carbons (Fsp3) is 0.182. The third-order valence-electron chi connectivity index (χ3n) is 4.49. The molecule has 3 rings (SSSR count). The van der Waals surface area contributed by atoms with Gasteiger partial charge in [0.05, 0.1) is 0 Å². The van der Waals surface area contributed by atoms with Crippen molar-refractivity contribution < 1.29 is 15.3 Å². The van der Waals surface area contributed by atoms with Crippen molar-refractivity contribution in [1.82, 2.24) is 0 Å². The Hall–Kier alpha value is -2.94. The van der Waals surface area contributed by atoms with Crippen LogP contribution in [0.4, 0.5) is 0 Å². The van der Waals surface area contributed by atoms with Crippen molar-refractivity contribution in [2.45, 2.75) is 25.2 Å². The zero-order valence-electron chi connectivity index (χ0n) is 14.0. The van der Waals surface area contributed by atoms with Crippen molar-refractivity contribution in [3.8, 4) is 17.2 Å². The maximum absolute atomic E-state index is 9.54. The summed E-state index contributed by atoms with van der Waals surface area (Å²) in [5.41, 5.74) is 3.50. The molecule has 3 aromatic carbocycles. The third kappa shape index (κ3) is 4.54. The Bertz CT molecular complexity index is 745. The van der Waals surface area contributed by atoms with Gasteiger partial charge in [0.1, 0.15) is 17.2 Å². The highest BCUT2D eigenvalue weighted by Crippen LogP contribution is 2.31. The van der Waals surface area contributed by atoms with Crippen molar-refractivity contribution in [2.75, 3.05) is 0 Å². The lowest BCUT2D eigenvalue weighted by atomic mass is 9.86. The summed E-state index contributed by atoms with van der Waals surface area (Å²) in [7, 11) is 0. The summed E-state index contributed by atoms with van der Waals surface area (Å²) in [4.78, 5) is 0. The van der Waals surface area contributed by atoms with Gasteiger partial charge >= 0.3 is 0 Å². The molecule has 3 nitrogen and oxygen atoms in total. The summed E-state index contributed by atoms with van der Waals surface area (Å²) in [6.45, 7) is 0. The molecule has 0 aliphatic carbocycles. The van der Waals surface area contributed by atoms with E-state index < -0.39 is 0 Å². The number of aryl methyl sites for hydroxylation is 1. The van der Waals surface area contributed by atoms with Crippen molar-refractivity contribution in [1.29, 1.82) is 0 Å². The molecule has 0 heterocycles. The third-order valence-corrected chi connectivity index (χ3v) is 4.49. The lowest BCUT2D eigenvalue weighted by Crippen LogP contribution is -2.02. The quantitative estimate of drug-likeness (QED) is 0.597. The number of phenolic OH excluding ortho intramolecular Hbond substituents is 3. The molecule has 0 spiro atoms. The average molecular weight is 334 g/mol. The fourth-order valence-corrected chi connectivity index (χ4v) is 3.11. The van der Waals surface area contributed by atoms with Crippen LogP contribution in [0, 0.1) is 0 Å². The molecule has 0 radical (unpaired) electrons. The summed E-state index contributed by atoms with van der Waals surface area (Å²) < 4.78 is 0. The van der Waals surface area contributed by atoms with Crippen molar-refractivity contribution in [2.24, 2.45) is 0 Å². The number of phenols is 3. The van der Waals surface area contributed by atoms with Crippen LogP contribution >= 0.6 is 0 Å². The topological polar surface area (TPSA) is 60.7 Å². The molecule has 0 aliphatic heterocycles. The summed E-state index contributed by atoms with van der Waals surface area (Å²) in [5.74, 6) is 1.02. The molecule has 0 saturated carbocycles. The molecule has 3 heteroatoms. The highest BCUT2D eigenvalue weighted by molar-refractivity contribution is 5.37. The highest BCUT2D eigenvalue weighted by Gasteiger charge is 2.14. The SMILES string of the molecule is Oc1ccc(CCCC(c2ccc(O)cc2)c2ccc(O)cc2)cc1. The van der Waals surface area contributed by atoms with Crippen molar-refractivity contribution in [3.05, 3.63) is 89.5 Å². The van der Waals surface area contributed by atoms with E-state index in [1.165, 1.54) is 5.56 Å². The van der Waals surface area contributed by atoms with Gasteiger partial charge in [0.2, 0.25) is 0 Å². The van der Waals surface area contributed by atoms with Gasteiger partial charge in [0.15, 0.2) is 0 Å². The van der Waals surface area contributed by atoms with Crippen LogP contribution in [0.1, 0.15) is 35.4 Å². The van der Waals surface area contributed by atoms with Gasteiger partial charge in [-0.15, -0.1) is 0 Å². The Kier molecular flexibility index (Phi) is 5.24. The van der Waals surface area contributed by atoms with Crippen molar-refractivity contribution in [3.63, 3.8) is 0 Å². The van der Waals surface area contributed by atoms with Gasteiger partial charge in [-0.05, 0) is 72.4 Å². The number of aromatic hydroxyl groups is 3. The van der Waals surface area contributed by atoms with E-state index in [9.17, 15) is 15.3 Å². The number of hydrogen-bond acceptors (Lipinski definition) is 3. The molecule has 3 N–H and O–H groups in total. The minimum atomic E-state index is 0.207. The molecular formula is C22H22O3. The van der Waals surface area contributed by atoms with Gasteiger partial charge in [-0.25, -0.2) is 0 Å². The van der Waals surface area contributed by atoms with Crippen LogP contribution in [0.3, 0.4) is 0 Å². The van der Waals surface area contributed by atoms with E-state index in [4.69, 9.17) is 0 Å². The van der Waals surface area contributed by atoms with E-state index >= 15 is 0 Å². The van der Waals surface area contributed by atoms with E-state index in [1.807, 2.05) is 36.4 Å². The summed E-state index contributed by atoms with van der Waals surface area (Å²) in [6, 6.07) is 22.0. The molecular weight excluding hydrogens is 312 g/mol. The van der Waals surface area contributed by atoms with Gasteiger partial charge in [0, 0.05) is 5.92 Å². The Morgan fingerprint density at radius 2 is 0.960 bits per heavy atom. The van der Waals surface area contributed by atoms with Gasteiger partial charge in [-0.3, -0.25) is 0 Å². The second-order valence-corrected chi connectivity index (χ2v) is 6.29. The van der Waals surface area contributed by atoms with Crippen LogP contribution in [0.2, 0.25) is 0 Å². The maximum Gasteiger partial charge on any atom is 0.115 e. The van der Waals surface area contributed by atoms with Crippen LogP contribution in [-0.2, 0) is 6.42 Å². The van der Waals surface area contributed by atoms with Crippen LogP contribution < -0.4 is 0 Å². The van der Waals surface area contributed by atoms with E-state index in [1.54, 1.807) is 36.4 Å². The van der Waals surface area contributed by atoms with Crippen LogP contribution in [-0.4, -0.2) is 15.3 Å². The standard InChI is InChI=1S/C22H22O3/c23-19-10-4-16(5-11-19)2-1-3-22(17-6-12-20(24)13-7-17)18-8-14-21(25)15-9-18/h4-15,22-25H,1-3H2. The summed E-state index contributed by atoms with van der Waals surface area (Å²) in [5, 5.41) is 28.4. The van der Waals surface area contributed by atoms with E-state index in [-0.39, 0.29) is 23.2 Å². The van der Waals surface area contributed by atoms with E-state index in [0.29, 0.717) is 0 Å².